The Hall–Kier alpha value is -2.08. The maximum absolute atomic E-state index is 11.6. The van der Waals surface area contributed by atoms with Crippen molar-refractivity contribution < 1.29 is 14.3 Å². The van der Waals surface area contributed by atoms with Crippen molar-refractivity contribution in [2.75, 3.05) is 13.2 Å². The third kappa shape index (κ3) is 7.15. The van der Waals surface area contributed by atoms with Gasteiger partial charge in [0.1, 0.15) is 5.75 Å². The standard InChI is InChI=1S/C16H22ClN3O3/c1-3-5-8-18-15(21)16(22)20-19-11-12-10-13(17)6-7-14(12)23-9-4-2/h6-7,10-11H,3-5,8-9H2,1-2H3,(H,18,21)(H,20,22)/b19-11-. The lowest BCUT2D eigenvalue weighted by molar-refractivity contribution is -0.139. The number of benzene rings is 1. The number of hydrazone groups is 1. The van der Waals surface area contributed by atoms with E-state index in [1.165, 1.54) is 6.21 Å². The molecule has 1 rings (SSSR count). The third-order valence-electron chi connectivity index (χ3n) is 2.83. The topological polar surface area (TPSA) is 79.8 Å². The van der Waals surface area contributed by atoms with Gasteiger partial charge in [0, 0.05) is 17.1 Å². The van der Waals surface area contributed by atoms with Crippen LogP contribution in [0.4, 0.5) is 0 Å². The van der Waals surface area contributed by atoms with E-state index in [1.54, 1.807) is 18.2 Å². The molecule has 126 valence electrons. The van der Waals surface area contributed by atoms with Crippen LogP contribution in [0.25, 0.3) is 0 Å². The molecule has 6 nitrogen and oxygen atoms in total. The zero-order valence-electron chi connectivity index (χ0n) is 13.4. The molecule has 0 bridgehead atoms. The molecular formula is C16H22ClN3O3. The summed E-state index contributed by atoms with van der Waals surface area (Å²) in [6.07, 6.45) is 4.03. The van der Waals surface area contributed by atoms with Gasteiger partial charge in [0.15, 0.2) is 0 Å². The van der Waals surface area contributed by atoms with Gasteiger partial charge in [-0.25, -0.2) is 5.43 Å². The Morgan fingerprint density at radius 2 is 2.04 bits per heavy atom. The Labute approximate surface area is 141 Å². The van der Waals surface area contributed by atoms with Gasteiger partial charge in [-0.3, -0.25) is 9.59 Å². The number of hydrogen-bond acceptors (Lipinski definition) is 4. The lowest BCUT2D eigenvalue weighted by Crippen LogP contribution is -2.38. The first kappa shape index (κ1) is 19.0. The highest BCUT2D eigenvalue weighted by Crippen LogP contribution is 2.21. The van der Waals surface area contributed by atoms with E-state index in [-0.39, 0.29) is 0 Å². The van der Waals surface area contributed by atoms with Crippen LogP contribution in [0.5, 0.6) is 5.75 Å². The van der Waals surface area contributed by atoms with Gasteiger partial charge >= 0.3 is 11.8 Å². The lowest BCUT2D eigenvalue weighted by atomic mass is 10.2. The Bertz CT molecular complexity index is 562. The predicted molar refractivity (Wildman–Crippen MR) is 90.9 cm³/mol. The van der Waals surface area contributed by atoms with Crippen molar-refractivity contribution in [1.82, 2.24) is 10.7 Å². The number of hydrogen-bond donors (Lipinski definition) is 2. The van der Waals surface area contributed by atoms with E-state index in [2.05, 4.69) is 15.8 Å². The maximum atomic E-state index is 11.6. The van der Waals surface area contributed by atoms with E-state index >= 15 is 0 Å². The number of amides is 2. The molecule has 0 saturated heterocycles. The minimum Gasteiger partial charge on any atom is -0.493 e. The van der Waals surface area contributed by atoms with E-state index in [1.807, 2.05) is 13.8 Å². The second-order valence-electron chi connectivity index (χ2n) is 4.84. The monoisotopic (exact) mass is 339 g/mol. The maximum Gasteiger partial charge on any atom is 0.329 e. The molecular weight excluding hydrogens is 318 g/mol. The molecule has 1 aromatic carbocycles. The minimum absolute atomic E-state index is 0.468. The smallest absolute Gasteiger partial charge is 0.329 e. The first-order valence-corrected chi connectivity index (χ1v) is 7.99. The third-order valence-corrected chi connectivity index (χ3v) is 3.06. The number of rotatable bonds is 8. The number of nitrogens with one attached hydrogen (secondary N) is 2. The first-order valence-electron chi connectivity index (χ1n) is 7.62. The number of halogens is 1. The summed E-state index contributed by atoms with van der Waals surface area (Å²) in [5.74, 6) is -0.902. The summed E-state index contributed by atoms with van der Waals surface area (Å²) in [4.78, 5) is 23.0. The Morgan fingerprint density at radius 1 is 1.26 bits per heavy atom. The molecule has 0 saturated carbocycles. The number of nitrogens with zero attached hydrogens (tertiary/aromatic N) is 1. The average molecular weight is 340 g/mol. The van der Waals surface area contributed by atoms with Crippen LogP contribution in [0.1, 0.15) is 38.7 Å². The van der Waals surface area contributed by atoms with Crippen molar-refractivity contribution in [1.29, 1.82) is 0 Å². The molecule has 0 radical (unpaired) electrons. The Morgan fingerprint density at radius 3 is 2.74 bits per heavy atom. The Kier molecular flexibility index (Phi) is 8.75. The summed E-state index contributed by atoms with van der Waals surface area (Å²) in [5.41, 5.74) is 2.80. The summed E-state index contributed by atoms with van der Waals surface area (Å²) in [5, 5.41) is 6.81. The van der Waals surface area contributed by atoms with E-state index in [0.717, 1.165) is 19.3 Å². The minimum atomic E-state index is -0.810. The van der Waals surface area contributed by atoms with Crippen molar-refractivity contribution in [3.05, 3.63) is 28.8 Å². The van der Waals surface area contributed by atoms with Crippen LogP contribution in [0.15, 0.2) is 23.3 Å². The second kappa shape index (κ2) is 10.6. The highest BCUT2D eigenvalue weighted by molar-refractivity contribution is 6.35. The van der Waals surface area contributed by atoms with Gasteiger partial charge in [0.2, 0.25) is 0 Å². The average Bonchev–Trinajstić information content (AvgIpc) is 2.54. The molecule has 0 aliphatic carbocycles. The first-order chi connectivity index (χ1) is 11.1. The van der Waals surface area contributed by atoms with Crippen LogP contribution < -0.4 is 15.5 Å². The van der Waals surface area contributed by atoms with Gasteiger partial charge in [-0.15, -0.1) is 0 Å². The zero-order chi connectivity index (χ0) is 17.1. The van der Waals surface area contributed by atoms with Crippen molar-refractivity contribution in [3.8, 4) is 5.75 Å². The fourth-order valence-electron chi connectivity index (χ4n) is 1.63. The second-order valence-corrected chi connectivity index (χ2v) is 5.28. The number of unbranched alkanes of at least 4 members (excludes halogenated alkanes) is 1. The number of carbonyl (C=O) groups is 2. The molecule has 0 unspecified atom stereocenters. The molecule has 2 amide bonds. The van der Waals surface area contributed by atoms with Crippen molar-refractivity contribution in [2.45, 2.75) is 33.1 Å². The van der Waals surface area contributed by atoms with Crippen LogP contribution in [-0.4, -0.2) is 31.2 Å². The SMILES string of the molecule is CCCCNC(=O)C(=O)N/N=C\c1cc(Cl)ccc1OCCC. The van der Waals surface area contributed by atoms with Crippen LogP contribution in [0.2, 0.25) is 5.02 Å². The van der Waals surface area contributed by atoms with Crippen molar-refractivity contribution >= 4 is 29.6 Å². The normalized spacial score (nSPS) is 10.6. The number of ether oxygens (including phenoxy) is 1. The molecule has 0 aliphatic heterocycles. The fourth-order valence-corrected chi connectivity index (χ4v) is 1.81. The summed E-state index contributed by atoms with van der Waals surface area (Å²) in [6.45, 7) is 5.03. The van der Waals surface area contributed by atoms with E-state index < -0.39 is 11.8 Å². The molecule has 0 aromatic heterocycles. The fraction of sp³-hybridized carbons (Fsp3) is 0.438. The quantitative estimate of drug-likeness (QED) is 0.330. The number of carbonyl (C=O) groups excluding carboxylic acids is 2. The molecule has 0 heterocycles. The zero-order valence-corrected chi connectivity index (χ0v) is 14.2. The molecule has 2 N–H and O–H groups in total. The van der Waals surface area contributed by atoms with Gasteiger partial charge < -0.3 is 10.1 Å². The summed E-state index contributed by atoms with van der Waals surface area (Å²) < 4.78 is 5.57. The van der Waals surface area contributed by atoms with Gasteiger partial charge in [-0.1, -0.05) is 31.9 Å². The van der Waals surface area contributed by atoms with E-state index in [9.17, 15) is 9.59 Å². The van der Waals surface area contributed by atoms with Crippen LogP contribution in [0.3, 0.4) is 0 Å². The molecule has 1 aromatic rings. The van der Waals surface area contributed by atoms with Crippen LogP contribution >= 0.6 is 11.6 Å². The largest absolute Gasteiger partial charge is 0.493 e. The highest BCUT2D eigenvalue weighted by atomic mass is 35.5. The van der Waals surface area contributed by atoms with Gasteiger partial charge in [-0.2, -0.15) is 5.10 Å². The predicted octanol–water partition coefficient (Wildman–Crippen LogP) is 2.50. The molecule has 0 fully saturated rings. The van der Waals surface area contributed by atoms with Crippen LogP contribution in [0, 0.1) is 0 Å². The molecule has 0 spiro atoms. The molecule has 0 atom stereocenters. The Balaban J connectivity index is 2.61. The molecule has 23 heavy (non-hydrogen) atoms. The van der Waals surface area contributed by atoms with Crippen LogP contribution in [-0.2, 0) is 9.59 Å². The highest BCUT2D eigenvalue weighted by Gasteiger charge is 2.11. The van der Waals surface area contributed by atoms with Gasteiger partial charge in [0.05, 0.1) is 12.8 Å². The molecule has 7 heteroatoms. The summed E-state index contributed by atoms with van der Waals surface area (Å²) in [6, 6.07) is 5.12. The molecule has 0 aliphatic rings. The van der Waals surface area contributed by atoms with Gasteiger partial charge in [0.25, 0.3) is 0 Å². The van der Waals surface area contributed by atoms with Crippen molar-refractivity contribution in [3.63, 3.8) is 0 Å². The summed E-state index contributed by atoms with van der Waals surface area (Å²) in [7, 11) is 0. The van der Waals surface area contributed by atoms with Crippen molar-refractivity contribution in [2.24, 2.45) is 5.10 Å². The van der Waals surface area contributed by atoms with Gasteiger partial charge in [-0.05, 0) is 31.0 Å². The van der Waals surface area contributed by atoms with E-state index in [0.29, 0.717) is 29.5 Å². The van der Waals surface area contributed by atoms with E-state index in [4.69, 9.17) is 16.3 Å². The lowest BCUT2D eigenvalue weighted by Gasteiger charge is -2.08. The summed E-state index contributed by atoms with van der Waals surface area (Å²) >= 11 is 5.95.